The molecule has 1 unspecified atom stereocenters. The number of ether oxygens (including phenoxy) is 3. The van der Waals surface area contributed by atoms with Gasteiger partial charge in [-0.1, -0.05) is 18.7 Å². The van der Waals surface area contributed by atoms with Crippen LogP contribution < -0.4 is 10.1 Å². The number of nitrogens with zero attached hydrogens (tertiary/aromatic N) is 1. The monoisotopic (exact) mass is 526 g/mol. The van der Waals surface area contributed by atoms with Crippen LogP contribution >= 0.6 is 11.3 Å². The van der Waals surface area contributed by atoms with E-state index in [1.54, 1.807) is 25.1 Å². The molecule has 1 aliphatic heterocycles. The van der Waals surface area contributed by atoms with E-state index in [0.717, 1.165) is 15.8 Å². The Balaban J connectivity index is 1.51. The summed E-state index contributed by atoms with van der Waals surface area (Å²) in [5, 5.41) is 23.2. The molecule has 0 saturated carbocycles. The Morgan fingerprint density at radius 1 is 1.35 bits per heavy atom. The summed E-state index contributed by atoms with van der Waals surface area (Å²) in [4.78, 5) is 18.1. The van der Waals surface area contributed by atoms with Gasteiger partial charge in [0.05, 0.1) is 29.0 Å². The van der Waals surface area contributed by atoms with Gasteiger partial charge in [0.15, 0.2) is 11.5 Å². The first-order valence-corrected chi connectivity index (χ1v) is 12.3. The SMILES string of the molecule is C=C/C(OCCO)=C(\C=C(/C)C(=O)NCC(O)c1ccc2c(n1)-c1c(sc3c(F)cccc13)CO2)OC. The van der Waals surface area contributed by atoms with Gasteiger partial charge in [-0.3, -0.25) is 4.79 Å². The highest BCUT2D eigenvalue weighted by atomic mass is 32.1. The molecule has 1 amide bonds. The average Bonchev–Trinajstić information content (AvgIpc) is 3.31. The third-order valence-corrected chi connectivity index (χ3v) is 6.90. The van der Waals surface area contributed by atoms with Crippen molar-refractivity contribution in [1.29, 1.82) is 0 Å². The van der Waals surface area contributed by atoms with E-state index in [1.807, 2.05) is 6.07 Å². The summed E-state index contributed by atoms with van der Waals surface area (Å²) in [6.07, 6.45) is 1.80. The number of aliphatic hydroxyl groups excluding tert-OH is 2. The van der Waals surface area contributed by atoms with Gasteiger partial charge in [0.2, 0.25) is 5.91 Å². The van der Waals surface area contributed by atoms with Crippen molar-refractivity contribution < 1.29 is 33.6 Å². The average molecular weight is 527 g/mol. The lowest BCUT2D eigenvalue weighted by molar-refractivity contribution is -0.117. The number of amides is 1. The van der Waals surface area contributed by atoms with Crippen molar-refractivity contribution in [3.05, 3.63) is 82.5 Å². The number of halogens is 1. The molecule has 0 spiro atoms. The van der Waals surface area contributed by atoms with Crippen LogP contribution in [0.5, 0.6) is 5.75 Å². The van der Waals surface area contributed by atoms with Crippen molar-refractivity contribution in [3.8, 4) is 17.0 Å². The van der Waals surface area contributed by atoms with Gasteiger partial charge >= 0.3 is 0 Å². The fraction of sp³-hybridized carbons (Fsp3) is 0.259. The second-order valence-corrected chi connectivity index (χ2v) is 9.26. The number of fused-ring (bicyclic) bond motifs is 5. The van der Waals surface area contributed by atoms with E-state index in [1.165, 1.54) is 36.7 Å². The second-order valence-electron chi connectivity index (χ2n) is 8.15. The van der Waals surface area contributed by atoms with E-state index in [0.29, 0.717) is 34.0 Å². The van der Waals surface area contributed by atoms with Crippen LogP contribution in [0.25, 0.3) is 21.3 Å². The molecule has 8 nitrogen and oxygen atoms in total. The Labute approximate surface area is 217 Å². The Kier molecular flexibility index (Phi) is 8.22. The van der Waals surface area contributed by atoms with Crippen molar-refractivity contribution >= 4 is 27.3 Å². The van der Waals surface area contributed by atoms with Crippen LogP contribution in [0.2, 0.25) is 0 Å². The molecule has 0 fully saturated rings. The number of thiophene rings is 1. The molecule has 3 aromatic rings. The van der Waals surface area contributed by atoms with Gasteiger partial charge in [0, 0.05) is 23.1 Å². The van der Waals surface area contributed by atoms with Gasteiger partial charge in [0.1, 0.15) is 36.6 Å². The maximum absolute atomic E-state index is 14.4. The number of methoxy groups -OCH3 is 1. The number of nitrogens with one attached hydrogen (secondary N) is 1. The largest absolute Gasteiger partial charge is 0.493 e. The molecular formula is C27H27FN2O6S. The fourth-order valence-electron chi connectivity index (χ4n) is 3.89. The lowest BCUT2D eigenvalue weighted by Crippen LogP contribution is -2.29. The van der Waals surface area contributed by atoms with Crippen LogP contribution in [0, 0.1) is 5.82 Å². The number of pyridine rings is 1. The van der Waals surface area contributed by atoms with Crippen LogP contribution in [0.4, 0.5) is 4.39 Å². The maximum Gasteiger partial charge on any atom is 0.247 e. The molecule has 2 aromatic heterocycles. The van der Waals surface area contributed by atoms with Crippen LogP contribution in [-0.2, 0) is 20.9 Å². The number of carbonyl (C=O) groups excluding carboxylic acids is 1. The number of benzene rings is 1. The van der Waals surface area contributed by atoms with Gasteiger partial charge in [-0.15, -0.1) is 11.3 Å². The number of hydrogen-bond acceptors (Lipinski definition) is 8. The predicted octanol–water partition coefficient (Wildman–Crippen LogP) is 4.14. The first-order valence-electron chi connectivity index (χ1n) is 11.5. The minimum absolute atomic E-state index is 0.0515. The van der Waals surface area contributed by atoms with Crippen LogP contribution in [0.15, 0.2) is 66.2 Å². The normalized spacial score (nSPS) is 14.1. The molecule has 10 heteroatoms. The Bertz CT molecular complexity index is 1400. The van der Waals surface area contributed by atoms with Crippen molar-refractivity contribution in [3.63, 3.8) is 0 Å². The maximum atomic E-state index is 14.4. The summed E-state index contributed by atoms with van der Waals surface area (Å²) in [6, 6.07) is 8.28. The first-order chi connectivity index (χ1) is 17.9. The molecule has 4 rings (SSSR count). The lowest BCUT2D eigenvalue weighted by Gasteiger charge is -2.19. The van der Waals surface area contributed by atoms with Crippen molar-refractivity contribution in [2.24, 2.45) is 0 Å². The molecule has 0 saturated heterocycles. The topological polar surface area (TPSA) is 110 Å². The van der Waals surface area contributed by atoms with E-state index in [9.17, 15) is 14.3 Å². The Hall–Kier alpha value is -3.73. The Morgan fingerprint density at radius 3 is 2.89 bits per heavy atom. The second kappa shape index (κ2) is 11.5. The van der Waals surface area contributed by atoms with Gasteiger partial charge < -0.3 is 29.7 Å². The molecule has 3 N–H and O–H groups in total. The highest BCUT2D eigenvalue weighted by molar-refractivity contribution is 7.19. The zero-order valence-electron chi connectivity index (χ0n) is 20.4. The summed E-state index contributed by atoms with van der Waals surface area (Å²) in [5.41, 5.74) is 1.99. The highest BCUT2D eigenvalue weighted by Gasteiger charge is 2.26. The fourth-order valence-corrected chi connectivity index (χ4v) is 5.01. The third kappa shape index (κ3) is 5.51. The number of allylic oxidation sites excluding steroid dienone is 2. The first kappa shape index (κ1) is 26.3. The summed E-state index contributed by atoms with van der Waals surface area (Å²) in [5.74, 6) is 0.373. The molecule has 194 valence electrons. The van der Waals surface area contributed by atoms with Crippen molar-refractivity contribution in [2.45, 2.75) is 19.6 Å². The molecule has 0 aliphatic carbocycles. The van der Waals surface area contributed by atoms with Gasteiger partial charge in [0.25, 0.3) is 0 Å². The van der Waals surface area contributed by atoms with Crippen LogP contribution in [0.1, 0.15) is 23.6 Å². The zero-order valence-corrected chi connectivity index (χ0v) is 21.2. The quantitative estimate of drug-likeness (QED) is 0.207. The lowest BCUT2D eigenvalue weighted by atomic mass is 10.0. The smallest absolute Gasteiger partial charge is 0.247 e. The molecular weight excluding hydrogens is 499 g/mol. The van der Waals surface area contributed by atoms with Crippen LogP contribution in [0.3, 0.4) is 0 Å². The molecule has 37 heavy (non-hydrogen) atoms. The Morgan fingerprint density at radius 2 is 2.16 bits per heavy atom. The minimum Gasteiger partial charge on any atom is -0.493 e. The number of aliphatic hydroxyl groups is 2. The summed E-state index contributed by atoms with van der Waals surface area (Å²) >= 11 is 1.33. The van der Waals surface area contributed by atoms with Gasteiger partial charge in [-0.05, 0) is 37.3 Å². The molecule has 3 heterocycles. The van der Waals surface area contributed by atoms with E-state index in [-0.39, 0.29) is 37.1 Å². The van der Waals surface area contributed by atoms with Crippen molar-refractivity contribution in [2.75, 3.05) is 26.9 Å². The highest BCUT2D eigenvalue weighted by Crippen LogP contribution is 2.46. The van der Waals surface area contributed by atoms with E-state index in [4.69, 9.17) is 19.3 Å². The third-order valence-electron chi connectivity index (χ3n) is 5.72. The van der Waals surface area contributed by atoms with E-state index < -0.39 is 12.0 Å². The predicted molar refractivity (Wildman–Crippen MR) is 138 cm³/mol. The van der Waals surface area contributed by atoms with E-state index in [2.05, 4.69) is 16.9 Å². The van der Waals surface area contributed by atoms with Gasteiger partial charge in [-0.2, -0.15) is 0 Å². The number of rotatable bonds is 10. The molecule has 1 atom stereocenters. The van der Waals surface area contributed by atoms with Crippen molar-refractivity contribution in [1.82, 2.24) is 10.3 Å². The molecule has 1 aliphatic rings. The van der Waals surface area contributed by atoms with Gasteiger partial charge in [-0.25, -0.2) is 9.37 Å². The van der Waals surface area contributed by atoms with Crippen LogP contribution in [-0.4, -0.2) is 48.0 Å². The zero-order chi connectivity index (χ0) is 26.5. The molecule has 0 bridgehead atoms. The minimum atomic E-state index is -1.09. The number of hydrogen-bond donors (Lipinski definition) is 3. The summed E-state index contributed by atoms with van der Waals surface area (Å²) < 4.78 is 31.3. The molecule has 1 aromatic carbocycles. The number of carbonyl (C=O) groups is 1. The van der Waals surface area contributed by atoms with E-state index >= 15 is 0 Å². The standard InChI is InChI=1S/C27H27FN2O6S/c1-4-20(35-11-10-31)22(34-3)12-15(2)27(33)29-13-19(32)18-8-9-21-25(30-18)24-16-6-5-7-17(28)26(16)37-23(24)14-36-21/h4-9,12,19,31-32H,1,10-11,13-14H2,2-3H3,(H,29,33)/b15-12+,22-20-. The molecule has 0 radical (unpaired) electrons. The summed E-state index contributed by atoms with van der Waals surface area (Å²) in [7, 11) is 1.43. The summed E-state index contributed by atoms with van der Waals surface area (Å²) in [6.45, 7) is 5.34. The number of aromatic nitrogens is 1.